The number of hydrogen-bond acceptors (Lipinski definition) is 0. The fraction of sp³-hybridized carbons (Fsp3) is 1.00. The maximum Gasteiger partial charge on any atom is 0.0788 e. The van der Waals surface area contributed by atoms with Gasteiger partial charge >= 0.3 is 0 Å². The number of hydrogen-bond donors (Lipinski definition) is 0. The van der Waals surface area contributed by atoms with Crippen LogP contribution in [-0.2, 0) is 0 Å². The molecule has 0 aliphatic heterocycles. The molecule has 254 valence electrons. The van der Waals surface area contributed by atoms with E-state index in [4.69, 9.17) is 0 Å². The molecule has 0 amide bonds. The van der Waals surface area contributed by atoms with Crippen molar-refractivity contribution in [2.24, 2.45) is 0 Å². The molecule has 0 aliphatic rings. The number of rotatable bonds is 35. The van der Waals surface area contributed by atoms with Gasteiger partial charge in [0, 0.05) is 12.8 Å². The Bertz CT molecular complexity index is 407. The van der Waals surface area contributed by atoms with Crippen LogP contribution in [0.25, 0.3) is 0 Å². The van der Waals surface area contributed by atoms with Crippen LogP contribution >= 0.6 is 0 Å². The molecule has 0 bridgehead atoms. The van der Waals surface area contributed by atoms with Crippen LogP contribution in [0, 0.1) is 0 Å². The van der Waals surface area contributed by atoms with E-state index in [1.54, 1.807) is 0 Å². The lowest BCUT2D eigenvalue weighted by atomic mass is 10.1. The minimum absolute atomic E-state index is 1.36. The van der Waals surface area contributed by atoms with Crippen molar-refractivity contribution in [3.8, 4) is 0 Å². The van der Waals surface area contributed by atoms with Gasteiger partial charge in [-0.05, 0) is 77.0 Å². The fourth-order valence-electron chi connectivity index (χ4n) is 7.48. The number of unbranched alkanes of at least 4 members (excludes halogenated alkanes) is 19. The van der Waals surface area contributed by atoms with Gasteiger partial charge in [0.25, 0.3) is 0 Å². The molecule has 0 saturated heterocycles. The molecule has 0 aromatic heterocycles. The Morgan fingerprint density at radius 1 is 0.190 bits per heavy atom. The Labute approximate surface area is 269 Å². The first-order valence-electron chi connectivity index (χ1n) is 20.3. The second-order valence-corrected chi connectivity index (χ2v) is 14.5. The van der Waals surface area contributed by atoms with Crippen molar-refractivity contribution in [1.82, 2.24) is 0 Å². The SMILES string of the molecule is CCCCCC[N+](CCCCCC)(CCCCCC)CCCC[N+](CCCCCC)(CCCCCC)CCCCCC. The maximum atomic E-state index is 2.37. The van der Waals surface area contributed by atoms with Gasteiger partial charge in [0.15, 0.2) is 0 Å². The minimum Gasteiger partial charge on any atom is -0.324 e. The van der Waals surface area contributed by atoms with Gasteiger partial charge in [0.05, 0.1) is 52.4 Å². The molecule has 0 saturated carbocycles. The fourth-order valence-corrected chi connectivity index (χ4v) is 7.48. The normalized spacial score (nSPS) is 12.4. The van der Waals surface area contributed by atoms with Crippen molar-refractivity contribution >= 4 is 0 Å². The number of nitrogens with zero attached hydrogens (tertiary/aromatic N) is 2. The van der Waals surface area contributed by atoms with Crippen LogP contribution in [0.1, 0.15) is 208 Å². The van der Waals surface area contributed by atoms with Gasteiger partial charge in [-0.1, -0.05) is 119 Å². The first-order valence-corrected chi connectivity index (χ1v) is 20.3. The van der Waals surface area contributed by atoms with Gasteiger partial charge in [-0.15, -0.1) is 0 Å². The third-order valence-electron chi connectivity index (χ3n) is 10.4. The lowest BCUT2D eigenvalue weighted by molar-refractivity contribution is -0.935. The summed E-state index contributed by atoms with van der Waals surface area (Å²) in [7, 11) is 0. The van der Waals surface area contributed by atoms with E-state index >= 15 is 0 Å². The molecule has 2 heteroatoms. The van der Waals surface area contributed by atoms with Gasteiger partial charge in [-0.3, -0.25) is 0 Å². The Hall–Kier alpha value is -0.0800. The quantitative estimate of drug-likeness (QED) is 0.0505. The molecule has 0 aromatic rings. The van der Waals surface area contributed by atoms with E-state index in [0.717, 1.165) is 0 Å². The molecule has 0 fully saturated rings. The van der Waals surface area contributed by atoms with E-state index < -0.39 is 0 Å². The van der Waals surface area contributed by atoms with Gasteiger partial charge < -0.3 is 8.97 Å². The van der Waals surface area contributed by atoms with Gasteiger partial charge in [0.2, 0.25) is 0 Å². The van der Waals surface area contributed by atoms with Crippen LogP contribution in [0.3, 0.4) is 0 Å². The zero-order valence-corrected chi connectivity index (χ0v) is 30.9. The van der Waals surface area contributed by atoms with Crippen LogP contribution in [0.2, 0.25) is 0 Å². The van der Waals surface area contributed by atoms with Crippen molar-refractivity contribution in [2.75, 3.05) is 52.4 Å². The van der Waals surface area contributed by atoms with Crippen molar-refractivity contribution in [2.45, 2.75) is 208 Å². The summed E-state index contributed by atoms with van der Waals surface area (Å²) in [5.74, 6) is 0. The Morgan fingerprint density at radius 3 is 0.476 bits per heavy atom. The highest BCUT2D eigenvalue weighted by atomic mass is 15.4. The molecule has 2 nitrogen and oxygen atoms in total. The van der Waals surface area contributed by atoms with Crippen LogP contribution in [0.4, 0.5) is 0 Å². The molecule has 0 radical (unpaired) electrons. The topological polar surface area (TPSA) is 0 Å². The number of quaternary nitrogens is 2. The largest absolute Gasteiger partial charge is 0.324 e. The van der Waals surface area contributed by atoms with E-state index in [1.807, 2.05) is 0 Å². The first-order chi connectivity index (χ1) is 20.6. The highest BCUT2D eigenvalue weighted by Crippen LogP contribution is 2.22. The van der Waals surface area contributed by atoms with E-state index in [9.17, 15) is 0 Å². The maximum absolute atomic E-state index is 2.37. The summed E-state index contributed by atoms with van der Waals surface area (Å²) in [5, 5.41) is 0. The van der Waals surface area contributed by atoms with Gasteiger partial charge in [-0.25, -0.2) is 0 Å². The predicted octanol–water partition coefficient (Wildman–Crippen LogP) is 12.9. The molecule has 0 unspecified atom stereocenters. The molecule has 0 rings (SSSR count). The van der Waals surface area contributed by atoms with E-state index in [1.165, 1.54) is 228 Å². The van der Waals surface area contributed by atoms with Crippen molar-refractivity contribution in [3.63, 3.8) is 0 Å². The van der Waals surface area contributed by atoms with Crippen molar-refractivity contribution in [3.05, 3.63) is 0 Å². The average molecular weight is 595 g/mol. The van der Waals surface area contributed by atoms with Gasteiger partial charge in [-0.2, -0.15) is 0 Å². The molecule has 0 spiro atoms. The lowest BCUT2D eigenvalue weighted by Gasteiger charge is -2.41. The van der Waals surface area contributed by atoms with E-state index in [0.29, 0.717) is 0 Å². The standard InChI is InChI=1S/C40H86N2/c1-7-13-19-25-33-41(34-26-20-14-8-2,35-27-21-15-9-3)39-31-32-40-42(36-28-22-16-10-4,37-29-23-17-11-5)38-30-24-18-12-6/h7-40H2,1-6H3/q+2. The molecule has 0 heterocycles. The molecular weight excluding hydrogens is 508 g/mol. The first kappa shape index (κ1) is 41.9. The third kappa shape index (κ3) is 23.3. The van der Waals surface area contributed by atoms with Crippen molar-refractivity contribution < 1.29 is 8.97 Å². The Kier molecular flexibility index (Phi) is 30.9. The van der Waals surface area contributed by atoms with Crippen LogP contribution < -0.4 is 0 Å². The summed E-state index contributed by atoms with van der Waals surface area (Å²) in [4.78, 5) is 0. The highest BCUT2D eigenvalue weighted by Gasteiger charge is 2.29. The molecule has 0 atom stereocenters. The van der Waals surface area contributed by atoms with E-state index in [-0.39, 0.29) is 0 Å². The Morgan fingerprint density at radius 2 is 0.333 bits per heavy atom. The predicted molar refractivity (Wildman–Crippen MR) is 194 cm³/mol. The van der Waals surface area contributed by atoms with Crippen LogP contribution in [0.5, 0.6) is 0 Å². The zero-order valence-electron chi connectivity index (χ0n) is 30.9. The molecule has 0 aromatic carbocycles. The van der Waals surface area contributed by atoms with Crippen LogP contribution in [-0.4, -0.2) is 61.3 Å². The van der Waals surface area contributed by atoms with Crippen molar-refractivity contribution in [1.29, 1.82) is 0 Å². The highest BCUT2D eigenvalue weighted by molar-refractivity contribution is 4.56. The smallest absolute Gasteiger partial charge is 0.0788 e. The second kappa shape index (κ2) is 30.9. The zero-order chi connectivity index (χ0) is 31.0. The monoisotopic (exact) mass is 595 g/mol. The summed E-state index contributed by atoms with van der Waals surface area (Å²) >= 11 is 0. The van der Waals surface area contributed by atoms with Gasteiger partial charge in [0.1, 0.15) is 0 Å². The summed E-state index contributed by atoms with van der Waals surface area (Å²) in [6.45, 7) is 25.9. The molecule has 0 N–H and O–H groups in total. The lowest BCUT2D eigenvalue weighted by Crippen LogP contribution is -2.52. The Balaban J connectivity index is 5.53. The minimum atomic E-state index is 1.36. The summed E-state index contributed by atoms with van der Waals surface area (Å²) in [5.41, 5.74) is 0. The summed E-state index contributed by atoms with van der Waals surface area (Å²) in [6.07, 6.45) is 37.2. The third-order valence-corrected chi connectivity index (χ3v) is 10.4. The summed E-state index contributed by atoms with van der Waals surface area (Å²) < 4.78 is 2.92. The molecular formula is C40H86N2+2. The van der Waals surface area contributed by atoms with E-state index in [2.05, 4.69) is 41.5 Å². The average Bonchev–Trinajstić information content (AvgIpc) is 3.00. The summed E-state index contributed by atoms with van der Waals surface area (Å²) in [6, 6.07) is 0. The van der Waals surface area contributed by atoms with Crippen LogP contribution in [0.15, 0.2) is 0 Å². The second-order valence-electron chi connectivity index (χ2n) is 14.5. The molecule has 0 aliphatic carbocycles. The molecule has 42 heavy (non-hydrogen) atoms.